The van der Waals surface area contributed by atoms with Crippen LogP contribution in [-0.2, 0) is 20.7 Å². The Kier molecular flexibility index (Phi) is 15.3. The molecule has 0 radical (unpaired) electrons. The van der Waals surface area contributed by atoms with Crippen LogP contribution < -0.4 is 0 Å². The van der Waals surface area contributed by atoms with Crippen molar-refractivity contribution in [2.75, 3.05) is 20.9 Å². The van der Waals surface area contributed by atoms with E-state index in [0.717, 1.165) is 44.9 Å². The van der Waals surface area contributed by atoms with Crippen LogP contribution in [0, 0.1) is 0 Å². The van der Waals surface area contributed by atoms with E-state index in [4.69, 9.17) is 9.47 Å². The summed E-state index contributed by atoms with van der Waals surface area (Å²) in [7, 11) is 3.11. The highest BCUT2D eigenvalue weighted by Gasteiger charge is 2.29. The van der Waals surface area contributed by atoms with Crippen molar-refractivity contribution in [1.82, 2.24) is 9.47 Å². The molecule has 2 rings (SSSR count). The van der Waals surface area contributed by atoms with Crippen molar-refractivity contribution >= 4 is 23.0 Å². The van der Waals surface area contributed by atoms with E-state index in [1.807, 2.05) is 6.07 Å². The molecular weight excluding hydrogens is 508 g/mol. The minimum Gasteiger partial charge on any atom is -0.428 e. The number of rotatable bonds is 19. The summed E-state index contributed by atoms with van der Waals surface area (Å²) in [6.07, 6.45) is 22.2. The summed E-state index contributed by atoms with van der Waals surface area (Å²) >= 11 is 0. The number of hydrogen-bond acceptors (Lipinski definition) is 7. The molecular formula is C32H48N2O6. The maximum absolute atomic E-state index is 12.7. The normalized spacial score (nSPS) is 12.2. The minimum atomic E-state index is -2.07. The van der Waals surface area contributed by atoms with Crippen LogP contribution in [0.5, 0.6) is 0 Å². The van der Waals surface area contributed by atoms with Crippen LogP contribution in [0.1, 0.15) is 89.5 Å². The molecule has 1 aromatic heterocycles. The van der Waals surface area contributed by atoms with Crippen molar-refractivity contribution in [3.05, 3.63) is 60.3 Å². The standard InChI is InChI=1S/C32H48N2O6/c1-4-5-6-7-8-9-10-11-12-13-14-15-16-17-18-23-30(35)39-26-40-31(36)34-25-27(24-32(37,38)33(2)3)28-21-19-20-22-29(28)34/h8-9,11-12,19-22,25,37-38H,4-7,10,13-18,23-24,26H2,1-3H3/b9-8-,12-11-. The molecule has 0 aliphatic carbocycles. The second-order valence-electron chi connectivity index (χ2n) is 10.4. The number of carbonyl (C=O) groups is 2. The first kappa shape index (κ1) is 33.3. The van der Waals surface area contributed by atoms with Crippen LogP contribution in [0.25, 0.3) is 10.9 Å². The van der Waals surface area contributed by atoms with Crippen LogP contribution in [0.3, 0.4) is 0 Å². The molecule has 222 valence electrons. The van der Waals surface area contributed by atoms with E-state index >= 15 is 0 Å². The molecule has 0 aliphatic heterocycles. The molecule has 0 amide bonds. The molecule has 0 aliphatic rings. The summed E-state index contributed by atoms with van der Waals surface area (Å²) in [6.45, 7) is 1.75. The fraction of sp³-hybridized carbons (Fsp3) is 0.562. The van der Waals surface area contributed by atoms with E-state index in [2.05, 4.69) is 31.2 Å². The number of aromatic nitrogens is 1. The van der Waals surface area contributed by atoms with Gasteiger partial charge in [-0.2, -0.15) is 0 Å². The molecule has 1 aromatic carbocycles. The molecule has 8 nitrogen and oxygen atoms in total. The molecule has 0 atom stereocenters. The van der Waals surface area contributed by atoms with Gasteiger partial charge in [0, 0.05) is 24.4 Å². The van der Waals surface area contributed by atoms with Gasteiger partial charge in [0.25, 0.3) is 0 Å². The fourth-order valence-corrected chi connectivity index (χ4v) is 4.32. The first-order valence-electron chi connectivity index (χ1n) is 14.6. The van der Waals surface area contributed by atoms with Gasteiger partial charge in [-0.05, 0) is 64.3 Å². The van der Waals surface area contributed by atoms with Gasteiger partial charge in [0.05, 0.1) is 5.52 Å². The van der Waals surface area contributed by atoms with Gasteiger partial charge in [-0.3, -0.25) is 14.3 Å². The van der Waals surface area contributed by atoms with Gasteiger partial charge in [0.2, 0.25) is 12.7 Å². The highest BCUT2D eigenvalue weighted by molar-refractivity contribution is 5.92. The maximum atomic E-state index is 12.7. The van der Waals surface area contributed by atoms with E-state index < -0.39 is 24.8 Å². The Balaban J connectivity index is 1.61. The van der Waals surface area contributed by atoms with E-state index in [-0.39, 0.29) is 12.8 Å². The predicted molar refractivity (Wildman–Crippen MR) is 159 cm³/mol. The SMILES string of the molecule is CCCCC/C=C\C/C=C\CCCCCCCC(=O)OCOC(=O)n1cc(CC(O)(O)N(C)C)c2ccccc21. The molecule has 0 spiro atoms. The monoisotopic (exact) mass is 556 g/mol. The number of benzene rings is 1. The van der Waals surface area contributed by atoms with Crippen molar-refractivity contribution in [2.45, 2.75) is 96.3 Å². The Morgan fingerprint density at radius 1 is 0.900 bits per heavy atom. The number of nitrogens with zero attached hydrogens (tertiary/aromatic N) is 2. The van der Waals surface area contributed by atoms with Gasteiger partial charge in [0.1, 0.15) is 0 Å². The first-order chi connectivity index (χ1) is 19.3. The zero-order valence-electron chi connectivity index (χ0n) is 24.5. The Bertz CT molecular complexity index is 1090. The molecule has 2 aromatic rings. The van der Waals surface area contributed by atoms with Crippen LogP contribution in [-0.4, -0.2) is 58.5 Å². The summed E-state index contributed by atoms with van der Waals surface area (Å²) in [5, 5.41) is 21.2. The number of para-hydroxylation sites is 1. The number of fused-ring (bicyclic) bond motifs is 1. The molecule has 0 saturated carbocycles. The van der Waals surface area contributed by atoms with Crippen molar-refractivity contribution < 1.29 is 29.3 Å². The molecule has 0 fully saturated rings. The quantitative estimate of drug-likeness (QED) is 0.0861. The Morgan fingerprint density at radius 3 is 2.25 bits per heavy atom. The van der Waals surface area contributed by atoms with Crippen molar-refractivity contribution in [1.29, 1.82) is 0 Å². The molecule has 1 heterocycles. The lowest BCUT2D eigenvalue weighted by molar-refractivity contribution is -0.247. The zero-order chi connectivity index (χ0) is 29.2. The third-order valence-corrected chi connectivity index (χ3v) is 6.87. The van der Waals surface area contributed by atoms with Gasteiger partial charge in [-0.1, -0.05) is 81.5 Å². The Hall–Kier alpha value is -2.94. The third kappa shape index (κ3) is 12.1. The average Bonchev–Trinajstić information content (AvgIpc) is 3.28. The van der Waals surface area contributed by atoms with Crippen LogP contribution in [0.2, 0.25) is 0 Å². The van der Waals surface area contributed by atoms with Crippen molar-refractivity contribution in [2.24, 2.45) is 0 Å². The number of unbranched alkanes of at least 4 members (excludes halogenated alkanes) is 8. The topological polar surface area (TPSA) is 101 Å². The highest BCUT2D eigenvalue weighted by Crippen LogP contribution is 2.25. The molecule has 0 unspecified atom stereocenters. The minimum absolute atomic E-state index is 0.108. The fourth-order valence-electron chi connectivity index (χ4n) is 4.32. The summed E-state index contributed by atoms with van der Waals surface area (Å²) in [5.41, 5.74) is 1.14. The first-order valence-corrected chi connectivity index (χ1v) is 14.6. The second-order valence-corrected chi connectivity index (χ2v) is 10.4. The van der Waals surface area contributed by atoms with Crippen LogP contribution in [0.4, 0.5) is 4.79 Å². The lowest BCUT2D eigenvalue weighted by atomic mass is 10.1. The van der Waals surface area contributed by atoms with E-state index in [1.165, 1.54) is 41.3 Å². The molecule has 0 bridgehead atoms. The van der Waals surface area contributed by atoms with Gasteiger partial charge in [0.15, 0.2) is 0 Å². The third-order valence-electron chi connectivity index (χ3n) is 6.87. The maximum Gasteiger partial charge on any atom is 0.421 e. The number of esters is 1. The number of aliphatic hydroxyl groups is 2. The van der Waals surface area contributed by atoms with Crippen LogP contribution >= 0.6 is 0 Å². The Labute approximate surface area is 239 Å². The molecule has 2 N–H and O–H groups in total. The smallest absolute Gasteiger partial charge is 0.421 e. The van der Waals surface area contributed by atoms with Gasteiger partial charge >= 0.3 is 12.1 Å². The summed E-state index contributed by atoms with van der Waals surface area (Å²) < 4.78 is 11.5. The summed E-state index contributed by atoms with van der Waals surface area (Å²) in [5.74, 6) is -2.47. The van der Waals surface area contributed by atoms with Gasteiger partial charge < -0.3 is 19.7 Å². The average molecular weight is 557 g/mol. The van der Waals surface area contributed by atoms with Crippen molar-refractivity contribution in [3.63, 3.8) is 0 Å². The van der Waals surface area contributed by atoms with Gasteiger partial charge in [-0.25, -0.2) is 4.79 Å². The molecule has 0 saturated heterocycles. The molecule has 8 heteroatoms. The van der Waals surface area contributed by atoms with E-state index in [1.54, 1.807) is 32.3 Å². The number of ether oxygens (including phenoxy) is 2. The number of carbonyl (C=O) groups excluding carboxylic acids is 2. The lowest BCUT2D eigenvalue weighted by Gasteiger charge is -2.28. The Morgan fingerprint density at radius 2 is 1.55 bits per heavy atom. The van der Waals surface area contributed by atoms with E-state index in [9.17, 15) is 19.8 Å². The largest absolute Gasteiger partial charge is 0.428 e. The number of likely N-dealkylation sites (N-methyl/N-ethyl adjacent to an activating group) is 1. The predicted octanol–water partition coefficient (Wildman–Crippen LogP) is 6.68. The van der Waals surface area contributed by atoms with E-state index in [0.29, 0.717) is 16.5 Å². The number of hydrogen-bond donors (Lipinski definition) is 2. The summed E-state index contributed by atoms with van der Waals surface area (Å²) in [4.78, 5) is 26.0. The highest BCUT2D eigenvalue weighted by atomic mass is 16.7. The zero-order valence-corrected chi connectivity index (χ0v) is 24.5. The second kappa shape index (κ2) is 18.4. The van der Waals surface area contributed by atoms with Crippen molar-refractivity contribution in [3.8, 4) is 0 Å². The van der Waals surface area contributed by atoms with Crippen LogP contribution in [0.15, 0.2) is 54.8 Å². The summed E-state index contributed by atoms with van der Waals surface area (Å²) in [6, 6.07) is 7.12. The number of allylic oxidation sites excluding steroid dienone is 4. The lowest BCUT2D eigenvalue weighted by Crippen LogP contribution is -2.45. The molecule has 40 heavy (non-hydrogen) atoms. The van der Waals surface area contributed by atoms with Gasteiger partial charge in [-0.15, -0.1) is 0 Å².